The summed E-state index contributed by atoms with van der Waals surface area (Å²) in [7, 11) is 0. The predicted octanol–water partition coefficient (Wildman–Crippen LogP) is 5.13. The lowest BCUT2D eigenvalue weighted by Gasteiger charge is -2.24. The molecule has 0 saturated heterocycles. The molecule has 0 aliphatic carbocycles. The van der Waals surface area contributed by atoms with Gasteiger partial charge in [-0.25, -0.2) is 14.2 Å². The normalized spacial score (nSPS) is 14.1. The summed E-state index contributed by atoms with van der Waals surface area (Å²) in [5.74, 6) is -3.09. The van der Waals surface area contributed by atoms with Crippen molar-refractivity contribution in [3.05, 3.63) is 71.0 Å². The number of benzene rings is 2. The van der Waals surface area contributed by atoms with Crippen LogP contribution in [0.25, 0.3) is 11.3 Å². The summed E-state index contributed by atoms with van der Waals surface area (Å²) < 4.78 is 50.3. The zero-order valence-corrected chi connectivity index (χ0v) is 18.3. The average Bonchev–Trinajstić information content (AvgIpc) is 3.08. The number of amides is 1. The molecule has 1 amide bonds. The number of alkyl halides is 2. The Balaban J connectivity index is 1.62. The standard InChI is InChI=1S/C24H19F3N2O5/c1-12-7-10-18(28-20(12)14-5-4-6-15(19(14)25)21(30)31)29-22(32)23(2,3)13-8-9-16-17(11-13)34-24(26,27)33-16/h4-11H,1-3H3,(H,30,31)(H,28,29,32). The maximum absolute atomic E-state index is 14.8. The van der Waals surface area contributed by atoms with Gasteiger partial charge in [-0.15, -0.1) is 8.78 Å². The molecule has 3 aromatic rings. The number of nitrogens with one attached hydrogen (secondary N) is 1. The largest absolute Gasteiger partial charge is 0.586 e. The van der Waals surface area contributed by atoms with E-state index in [1.54, 1.807) is 26.8 Å². The Morgan fingerprint density at radius 1 is 1.06 bits per heavy atom. The van der Waals surface area contributed by atoms with Crippen LogP contribution in [0.5, 0.6) is 11.5 Å². The SMILES string of the molecule is Cc1ccc(NC(=O)C(C)(C)c2ccc3c(c2)OC(F)(F)O3)nc1-c1cccc(C(=O)O)c1F. The van der Waals surface area contributed by atoms with E-state index in [0.29, 0.717) is 11.1 Å². The van der Waals surface area contributed by atoms with Crippen LogP contribution in [0.15, 0.2) is 48.5 Å². The van der Waals surface area contributed by atoms with Crippen LogP contribution in [0.1, 0.15) is 35.3 Å². The van der Waals surface area contributed by atoms with Gasteiger partial charge in [0.15, 0.2) is 11.5 Å². The first-order valence-corrected chi connectivity index (χ1v) is 10.1. The second-order valence-corrected chi connectivity index (χ2v) is 8.24. The number of halogens is 3. The van der Waals surface area contributed by atoms with Gasteiger partial charge in [0.1, 0.15) is 11.6 Å². The minimum absolute atomic E-state index is 0.0236. The Morgan fingerprint density at radius 3 is 2.47 bits per heavy atom. The number of pyridine rings is 1. The molecule has 2 heterocycles. The second kappa shape index (κ2) is 8.05. The van der Waals surface area contributed by atoms with Crippen molar-refractivity contribution in [2.75, 3.05) is 5.32 Å². The molecule has 7 nitrogen and oxygen atoms in total. The summed E-state index contributed by atoms with van der Waals surface area (Å²) in [6.45, 7) is 4.85. The highest BCUT2D eigenvalue weighted by molar-refractivity contribution is 5.98. The van der Waals surface area contributed by atoms with E-state index in [4.69, 9.17) is 0 Å². The van der Waals surface area contributed by atoms with E-state index in [0.717, 1.165) is 6.07 Å². The van der Waals surface area contributed by atoms with Crippen molar-refractivity contribution in [2.24, 2.45) is 0 Å². The zero-order chi connectivity index (χ0) is 24.8. The number of hydrogen-bond acceptors (Lipinski definition) is 5. The number of aryl methyl sites for hydroxylation is 1. The van der Waals surface area contributed by atoms with E-state index in [1.807, 2.05) is 0 Å². The highest BCUT2D eigenvalue weighted by Crippen LogP contribution is 2.43. The van der Waals surface area contributed by atoms with Crippen LogP contribution < -0.4 is 14.8 Å². The quantitative estimate of drug-likeness (QED) is 0.534. The molecule has 0 saturated carbocycles. The van der Waals surface area contributed by atoms with Gasteiger partial charge in [0.25, 0.3) is 0 Å². The molecule has 0 unspecified atom stereocenters. The molecule has 4 rings (SSSR count). The van der Waals surface area contributed by atoms with Gasteiger partial charge in [-0.05, 0) is 62.2 Å². The van der Waals surface area contributed by atoms with Gasteiger partial charge in [0.05, 0.1) is 16.7 Å². The van der Waals surface area contributed by atoms with Crippen LogP contribution in [0.3, 0.4) is 0 Å². The van der Waals surface area contributed by atoms with Crippen LogP contribution in [0, 0.1) is 12.7 Å². The fraction of sp³-hybridized carbons (Fsp3) is 0.208. The molecule has 2 N–H and O–H groups in total. The molecule has 34 heavy (non-hydrogen) atoms. The van der Waals surface area contributed by atoms with Crippen molar-refractivity contribution in [3.63, 3.8) is 0 Å². The molecule has 0 radical (unpaired) electrons. The first kappa shape index (κ1) is 23.1. The lowest BCUT2D eigenvalue weighted by molar-refractivity contribution is -0.286. The molecule has 1 aliphatic heterocycles. The molecule has 1 aromatic heterocycles. The van der Waals surface area contributed by atoms with Crippen molar-refractivity contribution in [1.29, 1.82) is 0 Å². The van der Waals surface area contributed by atoms with Crippen molar-refractivity contribution < 1.29 is 37.3 Å². The number of aromatic nitrogens is 1. The van der Waals surface area contributed by atoms with Gasteiger partial charge < -0.3 is 19.9 Å². The van der Waals surface area contributed by atoms with Crippen LogP contribution in [-0.2, 0) is 10.2 Å². The summed E-state index contributed by atoms with van der Waals surface area (Å²) in [6, 6.07) is 11.1. The van der Waals surface area contributed by atoms with Crippen molar-refractivity contribution in [2.45, 2.75) is 32.5 Å². The van der Waals surface area contributed by atoms with Gasteiger partial charge in [-0.2, -0.15) is 0 Å². The fourth-order valence-corrected chi connectivity index (χ4v) is 3.49. The van der Waals surface area contributed by atoms with Crippen molar-refractivity contribution in [1.82, 2.24) is 4.98 Å². The molecule has 176 valence electrons. The number of hydrogen-bond donors (Lipinski definition) is 2. The van der Waals surface area contributed by atoms with Crippen LogP contribution in [0.2, 0.25) is 0 Å². The van der Waals surface area contributed by atoms with Crippen molar-refractivity contribution in [3.8, 4) is 22.8 Å². The van der Waals surface area contributed by atoms with Gasteiger partial charge in [0.2, 0.25) is 5.91 Å². The summed E-state index contributed by atoms with van der Waals surface area (Å²) >= 11 is 0. The summed E-state index contributed by atoms with van der Waals surface area (Å²) in [4.78, 5) is 28.7. The molecular weight excluding hydrogens is 453 g/mol. The van der Waals surface area contributed by atoms with Gasteiger partial charge >= 0.3 is 12.3 Å². The summed E-state index contributed by atoms with van der Waals surface area (Å²) in [6.07, 6.45) is -3.78. The minimum atomic E-state index is -3.78. The number of aromatic carboxylic acids is 1. The molecule has 0 spiro atoms. The molecule has 2 aromatic carbocycles. The van der Waals surface area contributed by atoms with Gasteiger partial charge in [0, 0.05) is 5.56 Å². The Hall–Kier alpha value is -4.08. The number of ether oxygens (including phenoxy) is 2. The number of carbonyl (C=O) groups excluding carboxylic acids is 1. The third kappa shape index (κ3) is 4.14. The smallest absolute Gasteiger partial charge is 0.478 e. The van der Waals surface area contributed by atoms with E-state index in [9.17, 15) is 27.9 Å². The number of nitrogens with zero attached hydrogens (tertiary/aromatic N) is 1. The van der Waals surface area contributed by atoms with E-state index in [1.165, 1.54) is 36.4 Å². The number of carbonyl (C=O) groups is 2. The molecule has 1 aliphatic rings. The Bertz CT molecular complexity index is 1320. The monoisotopic (exact) mass is 472 g/mol. The van der Waals surface area contributed by atoms with E-state index in [-0.39, 0.29) is 28.6 Å². The number of rotatable bonds is 5. The Morgan fingerprint density at radius 2 is 1.76 bits per heavy atom. The second-order valence-electron chi connectivity index (χ2n) is 8.24. The van der Waals surface area contributed by atoms with Crippen molar-refractivity contribution >= 4 is 17.7 Å². The third-order valence-electron chi connectivity index (χ3n) is 5.51. The van der Waals surface area contributed by atoms with Gasteiger partial charge in [-0.1, -0.05) is 18.2 Å². The topological polar surface area (TPSA) is 97.8 Å². The third-order valence-corrected chi connectivity index (χ3v) is 5.51. The maximum atomic E-state index is 14.8. The minimum Gasteiger partial charge on any atom is -0.478 e. The number of anilines is 1. The van der Waals surface area contributed by atoms with Crippen LogP contribution >= 0.6 is 0 Å². The number of carboxylic acids is 1. The van der Waals surface area contributed by atoms with Crippen LogP contribution in [-0.4, -0.2) is 28.3 Å². The summed E-state index contributed by atoms with van der Waals surface area (Å²) in [5.41, 5.74) is -0.598. The van der Waals surface area contributed by atoms with E-state index < -0.39 is 35.0 Å². The molecule has 10 heteroatoms. The first-order chi connectivity index (χ1) is 15.9. The molecule has 0 bridgehead atoms. The lowest BCUT2D eigenvalue weighted by Crippen LogP contribution is -2.35. The maximum Gasteiger partial charge on any atom is 0.586 e. The molecular formula is C24H19F3N2O5. The van der Waals surface area contributed by atoms with E-state index in [2.05, 4.69) is 19.8 Å². The number of fused-ring (bicyclic) bond motifs is 1. The predicted molar refractivity (Wildman–Crippen MR) is 116 cm³/mol. The van der Waals surface area contributed by atoms with E-state index >= 15 is 0 Å². The molecule has 0 fully saturated rings. The highest BCUT2D eigenvalue weighted by atomic mass is 19.3. The Kier molecular flexibility index (Phi) is 5.47. The highest BCUT2D eigenvalue weighted by Gasteiger charge is 2.44. The lowest BCUT2D eigenvalue weighted by atomic mass is 9.83. The summed E-state index contributed by atoms with van der Waals surface area (Å²) in [5, 5.41) is 11.8. The number of carboxylic acid groups (broad SMARTS) is 1. The van der Waals surface area contributed by atoms with Crippen LogP contribution in [0.4, 0.5) is 19.0 Å². The van der Waals surface area contributed by atoms with Gasteiger partial charge in [-0.3, -0.25) is 4.79 Å². The Labute approximate surface area is 192 Å². The zero-order valence-electron chi connectivity index (χ0n) is 18.3. The molecule has 0 atom stereocenters. The average molecular weight is 472 g/mol. The fourth-order valence-electron chi connectivity index (χ4n) is 3.49. The first-order valence-electron chi connectivity index (χ1n) is 10.1.